The zero-order chi connectivity index (χ0) is 27.6. The van der Waals surface area contributed by atoms with Gasteiger partial charge in [0.25, 0.3) is 0 Å². The van der Waals surface area contributed by atoms with Crippen LogP contribution in [0.5, 0.6) is 0 Å². The monoisotopic (exact) mass is 532 g/mol. The van der Waals surface area contributed by atoms with Crippen LogP contribution in [0.25, 0.3) is 0 Å². The van der Waals surface area contributed by atoms with Gasteiger partial charge >= 0.3 is 11.9 Å². The molecule has 3 aliphatic heterocycles. The van der Waals surface area contributed by atoms with Gasteiger partial charge in [0.05, 0.1) is 23.7 Å². The molecule has 9 heteroatoms. The number of carbonyl (C=O) groups excluding carboxylic acids is 3. The van der Waals surface area contributed by atoms with Gasteiger partial charge in [0.1, 0.15) is 23.9 Å². The Kier molecular flexibility index (Phi) is 5.64. The maximum absolute atomic E-state index is 13.9. The lowest BCUT2D eigenvalue weighted by Crippen LogP contribution is -2.54. The Balaban J connectivity index is 1.29. The quantitative estimate of drug-likeness (QED) is 0.465. The summed E-state index contributed by atoms with van der Waals surface area (Å²) in [5, 5.41) is 34.8. The van der Waals surface area contributed by atoms with Crippen molar-refractivity contribution in [2.75, 3.05) is 0 Å². The van der Waals surface area contributed by atoms with Crippen LogP contribution in [0.15, 0.2) is 11.6 Å². The van der Waals surface area contributed by atoms with Crippen LogP contribution in [0, 0.1) is 35.0 Å². The molecule has 6 rings (SSSR count). The third-order valence-electron chi connectivity index (χ3n) is 11.3. The smallest absolute Gasteiger partial charge is 0.334 e. The van der Waals surface area contributed by atoms with Crippen LogP contribution >= 0.6 is 0 Å². The average molecular weight is 533 g/mol. The van der Waals surface area contributed by atoms with Gasteiger partial charge in [-0.05, 0) is 69.8 Å². The van der Waals surface area contributed by atoms with Crippen LogP contribution in [0.1, 0.15) is 73.1 Å². The predicted octanol–water partition coefficient (Wildman–Crippen LogP) is 1.84. The molecule has 2 saturated heterocycles. The minimum absolute atomic E-state index is 0.110. The number of hydrogen-bond donors (Lipinski definition) is 3. The van der Waals surface area contributed by atoms with E-state index < -0.39 is 58.5 Å². The van der Waals surface area contributed by atoms with E-state index in [0.29, 0.717) is 31.3 Å². The zero-order valence-electron chi connectivity index (χ0n) is 22.8. The topological polar surface area (TPSA) is 140 Å². The Morgan fingerprint density at radius 1 is 1.11 bits per heavy atom. The van der Waals surface area contributed by atoms with Gasteiger partial charge in [-0.3, -0.25) is 9.59 Å². The zero-order valence-corrected chi connectivity index (χ0v) is 22.8. The van der Waals surface area contributed by atoms with Gasteiger partial charge in [0, 0.05) is 29.7 Å². The first-order chi connectivity index (χ1) is 17.6. The first kappa shape index (κ1) is 26.4. The summed E-state index contributed by atoms with van der Waals surface area (Å²) >= 11 is 0. The summed E-state index contributed by atoms with van der Waals surface area (Å²) in [6.07, 6.45) is 0.171. The number of esters is 2. The van der Waals surface area contributed by atoms with E-state index in [4.69, 9.17) is 14.2 Å². The molecule has 0 aromatic rings. The number of Topliss-reactive ketones (excluding diaryl/α,β-unsaturated/α-hetero) is 1. The van der Waals surface area contributed by atoms with Crippen molar-refractivity contribution in [2.24, 2.45) is 35.0 Å². The summed E-state index contributed by atoms with van der Waals surface area (Å²) in [5.41, 5.74) is -3.04. The highest BCUT2D eigenvalue weighted by molar-refractivity contribution is 5.90. The molecule has 3 heterocycles. The third-order valence-corrected chi connectivity index (χ3v) is 11.3. The van der Waals surface area contributed by atoms with Crippen LogP contribution in [0.2, 0.25) is 0 Å². The predicted molar refractivity (Wildman–Crippen MR) is 132 cm³/mol. The number of ketones is 1. The molecule has 3 N–H and O–H groups in total. The molecule has 0 unspecified atom stereocenters. The van der Waals surface area contributed by atoms with Gasteiger partial charge in [-0.15, -0.1) is 0 Å². The highest BCUT2D eigenvalue weighted by Crippen LogP contribution is 2.69. The third kappa shape index (κ3) is 3.47. The van der Waals surface area contributed by atoms with Crippen LogP contribution < -0.4 is 0 Å². The van der Waals surface area contributed by atoms with Crippen LogP contribution in [0.4, 0.5) is 0 Å². The van der Waals surface area contributed by atoms with Crippen LogP contribution in [-0.4, -0.2) is 74.3 Å². The maximum Gasteiger partial charge on any atom is 0.334 e. The second kappa shape index (κ2) is 8.12. The van der Waals surface area contributed by atoms with Gasteiger partial charge in [0.2, 0.25) is 0 Å². The largest absolute Gasteiger partial charge is 0.456 e. The second-order valence-corrected chi connectivity index (χ2v) is 13.8. The van der Waals surface area contributed by atoms with Crippen molar-refractivity contribution in [2.45, 2.75) is 114 Å². The molecular weight excluding hydrogens is 492 g/mol. The van der Waals surface area contributed by atoms with Crippen molar-refractivity contribution in [3.63, 3.8) is 0 Å². The molecule has 0 aromatic carbocycles. The van der Waals surface area contributed by atoms with E-state index in [1.807, 2.05) is 27.7 Å². The highest BCUT2D eigenvalue weighted by atomic mass is 16.6. The molecule has 9 nitrogen and oxygen atoms in total. The molecule has 12 atom stereocenters. The Morgan fingerprint density at radius 3 is 2.47 bits per heavy atom. The number of rotatable bonds is 3. The number of cyclic esters (lactones) is 1. The van der Waals surface area contributed by atoms with E-state index in [2.05, 4.69) is 0 Å². The number of hydrogen-bond acceptors (Lipinski definition) is 9. The maximum atomic E-state index is 13.9. The standard InChI is InChI=1S/C29H40O9/c1-13-10-16(36-25(13)34)22(31)14(2)20-21-24(33)23(32)15-6-7-17-26(3,4)37-18-11-19(30)38-29(17,18)12-28(15,35)9-8-27(20,21)5/h10,14-18,20-22,24,31,33,35H,6-9,11-12H2,1-5H3/t14-,15-,16+,17-,18+,20+,21+,22-,24+,27+,28-,29+/m0/s1. The molecule has 6 aliphatic rings. The fraction of sp³-hybridized carbons (Fsp3) is 0.828. The SMILES string of the molecule is CC1=C[C@H]([C@@H](O)[C@@H](C)[C@@H]2[C@@H]3[C@@H](O)C(=O)[C@@H]4CC[C@H]5C(C)(C)O[C@@H]6CC(=O)O[C@@]65C[C@@]4(O)CC[C@]23C)OC1=O. The molecule has 0 bridgehead atoms. The number of fused-ring (bicyclic) bond motifs is 2. The van der Waals surface area contributed by atoms with Crippen LogP contribution in [0.3, 0.4) is 0 Å². The summed E-state index contributed by atoms with van der Waals surface area (Å²) < 4.78 is 17.6. The van der Waals surface area contributed by atoms with Gasteiger partial charge in [0.15, 0.2) is 5.78 Å². The molecular formula is C29H40O9. The number of aliphatic hydroxyl groups is 3. The fourth-order valence-electron chi connectivity index (χ4n) is 9.43. The van der Waals surface area contributed by atoms with Crippen molar-refractivity contribution >= 4 is 17.7 Å². The summed E-state index contributed by atoms with van der Waals surface area (Å²) in [7, 11) is 0. The van der Waals surface area contributed by atoms with Crippen molar-refractivity contribution in [3.05, 3.63) is 11.6 Å². The molecule has 38 heavy (non-hydrogen) atoms. The molecule has 0 aromatic heterocycles. The van der Waals surface area contributed by atoms with E-state index in [-0.39, 0.29) is 48.3 Å². The summed E-state index contributed by atoms with van der Waals surface area (Å²) in [6.45, 7) is 9.48. The Morgan fingerprint density at radius 2 is 1.82 bits per heavy atom. The number of aliphatic hydroxyl groups excluding tert-OH is 2. The molecule has 3 saturated carbocycles. The summed E-state index contributed by atoms with van der Waals surface area (Å²) in [6, 6.07) is 0. The fourth-order valence-corrected chi connectivity index (χ4v) is 9.43. The van der Waals surface area contributed by atoms with E-state index in [1.165, 1.54) is 0 Å². The molecule has 1 spiro atoms. The normalized spacial score (nSPS) is 50.7. The average Bonchev–Trinajstić information content (AvgIpc) is 3.08. The highest BCUT2D eigenvalue weighted by Gasteiger charge is 2.73. The Bertz CT molecular complexity index is 1110. The first-order valence-electron chi connectivity index (χ1n) is 14.1. The van der Waals surface area contributed by atoms with Gasteiger partial charge in [-0.2, -0.15) is 0 Å². The lowest BCUT2D eigenvalue weighted by molar-refractivity contribution is -0.165. The number of ether oxygens (including phenoxy) is 3. The summed E-state index contributed by atoms with van der Waals surface area (Å²) in [5.74, 6) is -2.99. The van der Waals surface area contributed by atoms with Gasteiger partial charge in [-0.25, -0.2) is 4.79 Å². The lowest BCUT2D eigenvalue weighted by atomic mass is 9.68. The number of carbonyl (C=O) groups is 3. The van der Waals surface area contributed by atoms with Crippen molar-refractivity contribution < 1.29 is 43.9 Å². The Labute approximate surface area is 222 Å². The molecule has 210 valence electrons. The summed E-state index contributed by atoms with van der Waals surface area (Å²) in [4.78, 5) is 38.2. The molecule has 0 radical (unpaired) electrons. The molecule has 3 aliphatic carbocycles. The van der Waals surface area contributed by atoms with Gasteiger partial charge < -0.3 is 29.5 Å². The minimum Gasteiger partial charge on any atom is -0.456 e. The van der Waals surface area contributed by atoms with E-state index in [0.717, 1.165) is 0 Å². The van der Waals surface area contributed by atoms with Crippen LogP contribution in [-0.2, 0) is 28.6 Å². The van der Waals surface area contributed by atoms with Crippen molar-refractivity contribution in [1.29, 1.82) is 0 Å². The second-order valence-electron chi connectivity index (χ2n) is 13.8. The molecule has 0 amide bonds. The van der Waals surface area contributed by atoms with E-state index in [9.17, 15) is 29.7 Å². The lowest BCUT2D eigenvalue weighted by Gasteiger charge is -2.42. The van der Waals surface area contributed by atoms with E-state index in [1.54, 1.807) is 13.0 Å². The molecule has 5 fully saturated rings. The van der Waals surface area contributed by atoms with Gasteiger partial charge in [-0.1, -0.05) is 13.8 Å². The van der Waals surface area contributed by atoms with E-state index >= 15 is 0 Å². The first-order valence-corrected chi connectivity index (χ1v) is 14.1. The Hall–Kier alpha value is -1.81. The van der Waals surface area contributed by atoms with Crippen molar-refractivity contribution in [1.82, 2.24) is 0 Å². The van der Waals surface area contributed by atoms with Crippen molar-refractivity contribution in [3.8, 4) is 0 Å². The minimum atomic E-state index is -1.46.